The lowest BCUT2D eigenvalue weighted by molar-refractivity contribution is -0.192. The van der Waals surface area contributed by atoms with Gasteiger partial charge < -0.3 is 20.8 Å². The molecule has 0 spiro atoms. The van der Waals surface area contributed by atoms with Gasteiger partial charge in [0.15, 0.2) is 0 Å². The quantitative estimate of drug-likeness (QED) is 0.417. The Labute approximate surface area is 205 Å². The van der Waals surface area contributed by atoms with E-state index in [1.54, 1.807) is 12.1 Å². The molecule has 0 saturated carbocycles. The van der Waals surface area contributed by atoms with Gasteiger partial charge in [0, 0.05) is 30.4 Å². The highest BCUT2D eigenvalue weighted by molar-refractivity contribution is 5.75. The minimum atomic E-state index is -5.08. The van der Waals surface area contributed by atoms with E-state index in [9.17, 15) is 18.3 Å². The van der Waals surface area contributed by atoms with Crippen molar-refractivity contribution in [2.75, 3.05) is 18.4 Å². The molecule has 0 amide bonds. The molecule has 4 N–H and O–H groups in total. The van der Waals surface area contributed by atoms with E-state index in [2.05, 4.69) is 45.2 Å². The molecule has 2 aromatic carbocycles. The summed E-state index contributed by atoms with van der Waals surface area (Å²) in [6, 6.07) is 14.2. The second kappa shape index (κ2) is 10.4. The zero-order chi connectivity index (χ0) is 25.9. The molecule has 36 heavy (non-hydrogen) atoms. The summed E-state index contributed by atoms with van der Waals surface area (Å²) in [5.41, 5.74) is 8.10. The summed E-state index contributed by atoms with van der Waals surface area (Å²) in [5.74, 6) is -2.49. The number of aromatic nitrogens is 3. The summed E-state index contributed by atoms with van der Waals surface area (Å²) < 4.78 is 33.8. The summed E-state index contributed by atoms with van der Waals surface area (Å²) >= 11 is 0. The van der Waals surface area contributed by atoms with Crippen LogP contribution in [0.15, 0.2) is 48.5 Å². The van der Waals surface area contributed by atoms with E-state index < -0.39 is 12.1 Å². The van der Waals surface area contributed by atoms with E-state index in [-0.39, 0.29) is 11.8 Å². The number of halogens is 3. The van der Waals surface area contributed by atoms with Crippen LogP contribution in [0, 0.1) is 6.92 Å². The van der Waals surface area contributed by atoms with Crippen molar-refractivity contribution in [1.29, 1.82) is 0 Å². The van der Waals surface area contributed by atoms with Crippen molar-refractivity contribution in [3.05, 3.63) is 65.4 Å². The van der Waals surface area contributed by atoms with Crippen LogP contribution in [0.4, 0.5) is 18.9 Å². The second-order valence-electron chi connectivity index (χ2n) is 8.57. The molecule has 5 rings (SSSR count). The van der Waals surface area contributed by atoms with Crippen molar-refractivity contribution < 1.29 is 28.2 Å². The van der Waals surface area contributed by atoms with E-state index in [0.717, 1.165) is 49.6 Å². The number of carboxylic acid groups (broad SMARTS) is 1. The fraction of sp³-hybridized carbons (Fsp3) is 0.320. The van der Waals surface area contributed by atoms with Crippen LogP contribution in [0.5, 0.6) is 5.75 Å². The lowest BCUT2D eigenvalue weighted by Gasteiger charge is -2.22. The highest BCUT2D eigenvalue weighted by atomic mass is 19.4. The Balaban J connectivity index is 0.000000384. The van der Waals surface area contributed by atoms with Crippen LogP contribution in [0.25, 0.3) is 16.8 Å². The maximum atomic E-state index is 10.6. The van der Waals surface area contributed by atoms with E-state index in [1.165, 1.54) is 22.3 Å². The van der Waals surface area contributed by atoms with Gasteiger partial charge in [0.25, 0.3) is 0 Å². The van der Waals surface area contributed by atoms with Crippen LogP contribution in [0.3, 0.4) is 0 Å². The Kier molecular flexibility index (Phi) is 7.30. The number of fused-ring (bicyclic) bond motifs is 3. The van der Waals surface area contributed by atoms with Gasteiger partial charge in [-0.15, -0.1) is 5.10 Å². The predicted octanol–water partition coefficient (Wildman–Crippen LogP) is 4.53. The third kappa shape index (κ3) is 5.68. The molecule has 1 unspecified atom stereocenters. The number of alkyl halides is 3. The van der Waals surface area contributed by atoms with Crippen molar-refractivity contribution in [3.8, 4) is 17.0 Å². The highest BCUT2D eigenvalue weighted by Gasteiger charge is 2.38. The van der Waals surface area contributed by atoms with E-state index in [1.807, 2.05) is 23.7 Å². The number of benzene rings is 2. The minimum absolute atomic E-state index is 0.121. The average molecular weight is 502 g/mol. The smallest absolute Gasteiger partial charge is 0.490 e. The van der Waals surface area contributed by atoms with Crippen LogP contribution in [0.2, 0.25) is 0 Å². The first-order valence-corrected chi connectivity index (χ1v) is 11.4. The van der Waals surface area contributed by atoms with Gasteiger partial charge in [0.1, 0.15) is 5.75 Å². The van der Waals surface area contributed by atoms with Crippen molar-refractivity contribution in [3.63, 3.8) is 0 Å². The number of aromatic hydroxyl groups is 1. The SMILES string of the molecule is Cc1nnn2c1-c1ccc(C3=CCNCC3)cc1C(Nc1cccc(O)c1)CC2.O=C(O)C(F)(F)F. The number of hydrogen-bond donors (Lipinski definition) is 4. The van der Waals surface area contributed by atoms with Gasteiger partial charge >= 0.3 is 12.1 Å². The maximum Gasteiger partial charge on any atom is 0.490 e. The third-order valence-corrected chi connectivity index (χ3v) is 6.08. The molecule has 8 nitrogen and oxygen atoms in total. The molecule has 1 aromatic heterocycles. The number of aliphatic carboxylic acids is 1. The molecule has 2 aliphatic rings. The minimum Gasteiger partial charge on any atom is -0.508 e. The monoisotopic (exact) mass is 501 g/mol. The van der Waals surface area contributed by atoms with Crippen LogP contribution < -0.4 is 10.6 Å². The largest absolute Gasteiger partial charge is 0.508 e. The lowest BCUT2D eigenvalue weighted by Crippen LogP contribution is -2.21. The Morgan fingerprint density at radius 3 is 2.67 bits per heavy atom. The Morgan fingerprint density at radius 1 is 1.22 bits per heavy atom. The van der Waals surface area contributed by atoms with Crippen LogP contribution in [-0.4, -0.2) is 50.4 Å². The lowest BCUT2D eigenvalue weighted by atomic mass is 9.90. The van der Waals surface area contributed by atoms with Crippen LogP contribution in [-0.2, 0) is 11.3 Å². The molecule has 0 aliphatic carbocycles. The number of rotatable bonds is 3. The molecule has 0 radical (unpaired) electrons. The standard InChI is InChI=1S/C23H25N5O.C2HF3O2/c1-15-23-20-6-5-17(16-7-10-24-11-8-16)13-21(20)22(9-12-28(23)27-26-15)25-18-3-2-4-19(29)14-18;3-2(4,5)1(6)7/h2-7,13-14,22,24-25,29H,8-12H2,1H3;(H,6,7). The third-order valence-electron chi connectivity index (χ3n) is 6.08. The summed E-state index contributed by atoms with van der Waals surface area (Å²) in [4.78, 5) is 8.90. The number of carboxylic acids is 1. The normalized spacial score (nSPS) is 17.0. The number of aryl methyl sites for hydroxylation is 2. The summed E-state index contributed by atoms with van der Waals surface area (Å²) in [7, 11) is 0. The van der Waals surface area contributed by atoms with Gasteiger partial charge in [-0.3, -0.25) is 0 Å². The first-order chi connectivity index (χ1) is 17.1. The highest BCUT2D eigenvalue weighted by Crippen LogP contribution is 2.39. The molecular formula is C25H26F3N5O3. The van der Waals surface area contributed by atoms with Crippen molar-refractivity contribution in [2.24, 2.45) is 0 Å². The second-order valence-corrected chi connectivity index (χ2v) is 8.57. The molecule has 190 valence electrons. The van der Waals surface area contributed by atoms with Crippen LogP contribution >= 0.6 is 0 Å². The van der Waals surface area contributed by atoms with Crippen molar-refractivity contribution in [1.82, 2.24) is 20.3 Å². The number of phenols is 1. The molecule has 0 saturated heterocycles. The fourth-order valence-corrected chi connectivity index (χ4v) is 4.40. The van der Waals surface area contributed by atoms with Crippen molar-refractivity contribution >= 4 is 17.2 Å². The van der Waals surface area contributed by atoms with Gasteiger partial charge in [-0.1, -0.05) is 29.5 Å². The molecule has 11 heteroatoms. The maximum absolute atomic E-state index is 10.6. The number of carbonyl (C=O) groups is 1. The molecule has 3 heterocycles. The Hall–Kier alpha value is -3.86. The Bertz CT molecular complexity index is 1290. The van der Waals surface area contributed by atoms with Gasteiger partial charge in [-0.25, -0.2) is 9.48 Å². The number of phenolic OH excluding ortho intramolecular Hbond substituents is 1. The predicted molar refractivity (Wildman–Crippen MR) is 128 cm³/mol. The zero-order valence-electron chi connectivity index (χ0n) is 19.5. The van der Waals surface area contributed by atoms with Crippen LogP contribution in [0.1, 0.15) is 35.7 Å². The number of hydrogen-bond acceptors (Lipinski definition) is 6. The summed E-state index contributed by atoms with van der Waals surface area (Å²) in [6.07, 6.45) is -0.860. The van der Waals surface area contributed by atoms with E-state index in [0.29, 0.717) is 0 Å². The fourth-order valence-electron chi connectivity index (χ4n) is 4.40. The molecule has 0 fully saturated rings. The Morgan fingerprint density at radius 2 is 2.00 bits per heavy atom. The number of anilines is 1. The first kappa shape index (κ1) is 25.2. The molecular weight excluding hydrogens is 475 g/mol. The van der Waals surface area contributed by atoms with Gasteiger partial charge in [0.2, 0.25) is 0 Å². The summed E-state index contributed by atoms with van der Waals surface area (Å²) in [5, 5.41) is 32.7. The van der Waals surface area contributed by atoms with Gasteiger partial charge in [0.05, 0.1) is 17.4 Å². The first-order valence-electron chi connectivity index (χ1n) is 11.4. The van der Waals surface area contributed by atoms with E-state index in [4.69, 9.17) is 9.90 Å². The molecule has 3 aromatic rings. The zero-order valence-corrected chi connectivity index (χ0v) is 19.5. The van der Waals surface area contributed by atoms with E-state index >= 15 is 0 Å². The van der Waals surface area contributed by atoms with Gasteiger partial charge in [-0.05, 0) is 61.2 Å². The van der Waals surface area contributed by atoms with Crippen molar-refractivity contribution in [2.45, 2.75) is 38.5 Å². The summed E-state index contributed by atoms with van der Waals surface area (Å²) in [6.45, 7) is 4.76. The molecule has 2 aliphatic heterocycles. The average Bonchev–Trinajstić information content (AvgIpc) is 3.14. The molecule has 0 bridgehead atoms. The number of nitrogens with zero attached hydrogens (tertiary/aromatic N) is 3. The molecule has 1 atom stereocenters. The van der Waals surface area contributed by atoms with Gasteiger partial charge in [-0.2, -0.15) is 13.2 Å². The number of nitrogens with one attached hydrogen (secondary N) is 2. The topological polar surface area (TPSA) is 112 Å².